The van der Waals surface area contributed by atoms with Crippen molar-refractivity contribution in [3.05, 3.63) is 65.2 Å². The van der Waals surface area contributed by atoms with Crippen molar-refractivity contribution in [1.29, 1.82) is 0 Å². The average molecular weight is 425 g/mol. The van der Waals surface area contributed by atoms with Crippen LogP contribution in [0.25, 0.3) is 0 Å². The molecule has 1 fully saturated rings. The molecule has 1 saturated heterocycles. The van der Waals surface area contributed by atoms with Crippen molar-refractivity contribution in [3.8, 4) is 0 Å². The first-order chi connectivity index (χ1) is 12.3. The number of piperidine rings is 1. The van der Waals surface area contributed by atoms with Crippen LogP contribution in [0, 0.1) is 23.3 Å². The summed E-state index contributed by atoms with van der Waals surface area (Å²) in [5, 5.41) is 2.98. The van der Waals surface area contributed by atoms with Crippen molar-refractivity contribution >= 4 is 22.4 Å². The molecule has 10 heteroatoms. The number of hydrogen-bond acceptors (Lipinski definition) is 3. The monoisotopic (exact) mass is 424 g/mol. The fourth-order valence-electron chi connectivity index (χ4n) is 3.12. The lowest BCUT2D eigenvalue weighted by Gasteiger charge is -2.33. The molecule has 0 aromatic heterocycles. The van der Waals surface area contributed by atoms with Crippen LogP contribution in [0.4, 0.5) is 17.6 Å². The summed E-state index contributed by atoms with van der Waals surface area (Å²) >= 11 is 0. The van der Waals surface area contributed by atoms with E-state index in [-0.39, 0.29) is 19.0 Å². The van der Waals surface area contributed by atoms with Crippen molar-refractivity contribution in [3.63, 3.8) is 0 Å². The highest BCUT2D eigenvalue weighted by molar-refractivity contribution is 7.89. The zero-order valence-corrected chi connectivity index (χ0v) is 15.5. The SMILES string of the molecule is Cl.O=S(=O)(NC1CNCCC1c1ccc(F)c(F)c1)c1c(F)cccc1F. The molecule has 3 rings (SSSR count). The molecule has 2 atom stereocenters. The number of hydrogen-bond donors (Lipinski definition) is 2. The minimum Gasteiger partial charge on any atom is -0.315 e. The Bertz CT molecular complexity index is 907. The topological polar surface area (TPSA) is 58.2 Å². The van der Waals surface area contributed by atoms with E-state index < -0.39 is 50.1 Å². The maximum absolute atomic E-state index is 13.9. The Balaban J connectivity index is 0.00000261. The Labute approximate surface area is 160 Å². The Morgan fingerprint density at radius 2 is 1.63 bits per heavy atom. The van der Waals surface area contributed by atoms with Crippen LogP contribution < -0.4 is 10.0 Å². The molecule has 1 aliphatic heterocycles. The van der Waals surface area contributed by atoms with E-state index in [0.717, 1.165) is 30.3 Å². The molecule has 0 radical (unpaired) electrons. The quantitative estimate of drug-likeness (QED) is 0.742. The molecule has 2 aromatic carbocycles. The van der Waals surface area contributed by atoms with Gasteiger partial charge in [-0.3, -0.25) is 0 Å². The first-order valence-electron chi connectivity index (χ1n) is 7.91. The van der Waals surface area contributed by atoms with Gasteiger partial charge in [0.15, 0.2) is 16.5 Å². The van der Waals surface area contributed by atoms with E-state index >= 15 is 0 Å². The first-order valence-corrected chi connectivity index (χ1v) is 9.40. The summed E-state index contributed by atoms with van der Waals surface area (Å²) in [6, 6.07) is 5.34. The van der Waals surface area contributed by atoms with E-state index in [0.29, 0.717) is 18.5 Å². The van der Waals surface area contributed by atoms with Gasteiger partial charge in [0.25, 0.3) is 0 Å². The number of nitrogens with one attached hydrogen (secondary N) is 2. The van der Waals surface area contributed by atoms with Crippen LogP contribution in [0.2, 0.25) is 0 Å². The van der Waals surface area contributed by atoms with Crippen LogP contribution >= 0.6 is 12.4 Å². The Kier molecular flexibility index (Phi) is 6.85. The van der Waals surface area contributed by atoms with Crippen LogP contribution in [0.5, 0.6) is 0 Å². The molecule has 0 bridgehead atoms. The van der Waals surface area contributed by atoms with Crippen molar-refractivity contribution in [2.24, 2.45) is 0 Å². The van der Waals surface area contributed by atoms with Crippen LogP contribution in [0.15, 0.2) is 41.3 Å². The molecule has 0 amide bonds. The molecule has 148 valence electrons. The van der Waals surface area contributed by atoms with Gasteiger partial charge in [-0.15, -0.1) is 12.4 Å². The summed E-state index contributed by atoms with van der Waals surface area (Å²) < 4.78 is 81.7. The fourth-order valence-corrected chi connectivity index (χ4v) is 4.54. The summed E-state index contributed by atoms with van der Waals surface area (Å²) in [4.78, 5) is -1.06. The molecular formula is C17H17ClF4N2O2S. The Morgan fingerprint density at radius 3 is 2.26 bits per heavy atom. The zero-order chi connectivity index (χ0) is 18.9. The van der Waals surface area contributed by atoms with E-state index in [2.05, 4.69) is 10.0 Å². The third-order valence-electron chi connectivity index (χ3n) is 4.35. The van der Waals surface area contributed by atoms with Crippen LogP contribution in [0.1, 0.15) is 17.9 Å². The van der Waals surface area contributed by atoms with Gasteiger partial charge >= 0.3 is 0 Å². The molecule has 1 heterocycles. The first kappa shape index (κ1) is 21.6. The third-order valence-corrected chi connectivity index (χ3v) is 5.89. The minimum atomic E-state index is -4.49. The van der Waals surface area contributed by atoms with Crippen LogP contribution in [-0.2, 0) is 10.0 Å². The molecular weight excluding hydrogens is 408 g/mol. The second kappa shape index (κ2) is 8.55. The van der Waals surface area contributed by atoms with E-state index in [4.69, 9.17) is 0 Å². The predicted octanol–water partition coefficient (Wildman–Crippen LogP) is 3.09. The van der Waals surface area contributed by atoms with Crippen molar-refractivity contribution in [1.82, 2.24) is 10.0 Å². The largest absolute Gasteiger partial charge is 0.315 e. The third kappa shape index (κ3) is 4.60. The highest BCUT2D eigenvalue weighted by Crippen LogP contribution is 2.28. The summed E-state index contributed by atoms with van der Waals surface area (Å²) in [6.45, 7) is 0.717. The van der Waals surface area contributed by atoms with Gasteiger partial charge in [0.05, 0.1) is 0 Å². The van der Waals surface area contributed by atoms with Crippen molar-refractivity contribution in [2.45, 2.75) is 23.3 Å². The number of sulfonamides is 1. The van der Waals surface area contributed by atoms with Gasteiger partial charge < -0.3 is 5.32 Å². The smallest absolute Gasteiger partial charge is 0.246 e. The van der Waals surface area contributed by atoms with Gasteiger partial charge in [0.1, 0.15) is 11.6 Å². The van der Waals surface area contributed by atoms with Gasteiger partial charge in [-0.25, -0.2) is 30.7 Å². The number of benzene rings is 2. The second-order valence-electron chi connectivity index (χ2n) is 6.05. The highest BCUT2D eigenvalue weighted by atomic mass is 35.5. The standard InChI is InChI=1S/C17H16F4N2O2S.ClH/c18-12-5-4-10(8-15(12)21)11-6-7-22-9-16(11)23-26(24,25)17-13(19)2-1-3-14(17)20;/h1-5,8,11,16,22-23H,6-7,9H2;1H. The molecule has 2 N–H and O–H groups in total. The van der Waals surface area contributed by atoms with E-state index in [9.17, 15) is 26.0 Å². The zero-order valence-electron chi connectivity index (χ0n) is 13.9. The average Bonchev–Trinajstić information content (AvgIpc) is 2.57. The van der Waals surface area contributed by atoms with Gasteiger partial charge in [-0.1, -0.05) is 12.1 Å². The normalized spacial score (nSPS) is 20.1. The minimum absolute atomic E-state index is 0. The van der Waals surface area contributed by atoms with E-state index in [1.807, 2.05) is 0 Å². The molecule has 0 spiro atoms. The Morgan fingerprint density at radius 1 is 0.963 bits per heavy atom. The van der Waals surface area contributed by atoms with Crippen molar-refractivity contribution in [2.75, 3.05) is 13.1 Å². The lowest BCUT2D eigenvalue weighted by atomic mass is 9.86. The highest BCUT2D eigenvalue weighted by Gasteiger charge is 2.33. The predicted molar refractivity (Wildman–Crippen MR) is 94.3 cm³/mol. The summed E-state index contributed by atoms with van der Waals surface area (Å²) in [7, 11) is -4.49. The van der Waals surface area contributed by atoms with Gasteiger partial charge in [0.2, 0.25) is 10.0 Å². The Hall–Kier alpha value is -1.68. The van der Waals surface area contributed by atoms with Gasteiger partial charge in [-0.05, 0) is 42.8 Å². The molecule has 0 saturated carbocycles. The number of rotatable bonds is 4. The molecule has 1 aliphatic rings. The van der Waals surface area contributed by atoms with Gasteiger partial charge in [0, 0.05) is 18.5 Å². The molecule has 2 unspecified atom stereocenters. The molecule has 2 aromatic rings. The summed E-state index contributed by atoms with van der Waals surface area (Å²) in [5.74, 6) is -4.93. The lowest BCUT2D eigenvalue weighted by molar-refractivity contribution is 0.375. The lowest BCUT2D eigenvalue weighted by Crippen LogP contribution is -2.50. The van der Waals surface area contributed by atoms with Gasteiger partial charge in [-0.2, -0.15) is 0 Å². The summed E-state index contributed by atoms with van der Waals surface area (Å²) in [6.07, 6.45) is 0.442. The van der Waals surface area contributed by atoms with E-state index in [1.54, 1.807) is 0 Å². The maximum atomic E-state index is 13.9. The maximum Gasteiger partial charge on any atom is 0.246 e. The summed E-state index contributed by atoms with van der Waals surface area (Å²) in [5.41, 5.74) is 0.409. The molecule has 0 aliphatic carbocycles. The van der Waals surface area contributed by atoms with Crippen LogP contribution in [0.3, 0.4) is 0 Å². The fraction of sp³-hybridized carbons (Fsp3) is 0.294. The van der Waals surface area contributed by atoms with Crippen molar-refractivity contribution < 1.29 is 26.0 Å². The number of halogens is 5. The van der Waals surface area contributed by atoms with Crippen LogP contribution in [-0.4, -0.2) is 27.5 Å². The molecule has 4 nitrogen and oxygen atoms in total. The molecule has 27 heavy (non-hydrogen) atoms. The van der Waals surface area contributed by atoms with E-state index in [1.165, 1.54) is 6.07 Å². The second-order valence-corrected chi connectivity index (χ2v) is 7.70.